The molecule has 0 heterocycles. The van der Waals surface area contributed by atoms with Crippen LogP contribution in [-0.4, -0.2) is 5.78 Å². The Morgan fingerprint density at radius 2 is 2.00 bits per heavy atom. The summed E-state index contributed by atoms with van der Waals surface area (Å²) in [5.41, 5.74) is 0. The number of carbonyl (C=O) groups is 1. The van der Waals surface area contributed by atoms with Gasteiger partial charge in [0.2, 0.25) is 0 Å². The summed E-state index contributed by atoms with van der Waals surface area (Å²) in [6.07, 6.45) is 5.78. The van der Waals surface area contributed by atoms with Crippen LogP contribution in [0.4, 0.5) is 0 Å². The van der Waals surface area contributed by atoms with Gasteiger partial charge in [0.15, 0.2) is 0 Å². The van der Waals surface area contributed by atoms with Gasteiger partial charge in [-0.3, -0.25) is 4.79 Å². The number of nitrogens with zero attached hydrogens (tertiary/aromatic N) is 1. The van der Waals surface area contributed by atoms with Gasteiger partial charge in [0.25, 0.3) is 0 Å². The van der Waals surface area contributed by atoms with E-state index in [0.717, 1.165) is 25.7 Å². The number of hydrogen-bond acceptors (Lipinski definition) is 2. The van der Waals surface area contributed by atoms with Crippen molar-refractivity contribution in [1.82, 2.24) is 0 Å². The molecule has 1 fully saturated rings. The highest BCUT2D eigenvalue weighted by molar-refractivity contribution is 5.83. The Morgan fingerprint density at radius 1 is 1.27 bits per heavy atom. The Bertz CT molecular complexity index is 180. The average Bonchev–Trinajstić information content (AvgIpc) is 1.98. The average molecular weight is 151 g/mol. The molecule has 1 aliphatic carbocycles. The van der Waals surface area contributed by atoms with Crippen molar-refractivity contribution in [1.29, 1.82) is 5.26 Å². The SMILES string of the molecule is N#CC1CCCCCCC1=O. The van der Waals surface area contributed by atoms with E-state index in [1.54, 1.807) is 0 Å². The van der Waals surface area contributed by atoms with Crippen LogP contribution in [-0.2, 0) is 4.79 Å². The van der Waals surface area contributed by atoms with Crippen molar-refractivity contribution >= 4 is 5.78 Å². The van der Waals surface area contributed by atoms with Gasteiger partial charge in [-0.15, -0.1) is 0 Å². The molecule has 0 aliphatic heterocycles. The van der Waals surface area contributed by atoms with Gasteiger partial charge in [-0.05, 0) is 12.8 Å². The number of Topliss-reactive ketones (excluding diaryl/α,β-unsaturated/α-hetero) is 1. The highest BCUT2D eigenvalue weighted by Gasteiger charge is 2.18. The largest absolute Gasteiger partial charge is 0.298 e. The third kappa shape index (κ3) is 2.34. The predicted octanol–water partition coefficient (Wildman–Crippen LogP) is 2.05. The molecule has 2 heteroatoms. The molecule has 2 nitrogen and oxygen atoms in total. The van der Waals surface area contributed by atoms with E-state index in [1.165, 1.54) is 6.42 Å². The topological polar surface area (TPSA) is 40.9 Å². The molecule has 0 spiro atoms. The lowest BCUT2D eigenvalue weighted by Crippen LogP contribution is -2.14. The Kier molecular flexibility index (Phi) is 3.10. The molecule has 1 unspecified atom stereocenters. The van der Waals surface area contributed by atoms with Crippen LogP contribution in [0.2, 0.25) is 0 Å². The van der Waals surface area contributed by atoms with Crippen LogP contribution < -0.4 is 0 Å². The minimum atomic E-state index is -0.296. The Labute approximate surface area is 67.2 Å². The lowest BCUT2D eigenvalue weighted by Gasteiger charge is -2.11. The Balaban J connectivity index is 2.48. The van der Waals surface area contributed by atoms with E-state index >= 15 is 0 Å². The molecule has 0 aromatic heterocycles. The van der Waals surface area contributed by atoms with Crippen molar-refractivity contribution in [3.8, 4) is 6.07 Å². The third-order valence-corrected chi connectivity index (χ3v) is 2.21. The zero-order valence-corrected chi connectivity index (χ0v) is 6.68. The summed E-state index contributed by atoms with van der Waals surface area (Å²) in [7, 11) is 0. The van der Waals surface area contributed by atoms with Gasteiger partial charge in [0.1, 0.15) is 11.7 Å². The third-order valence-electron chi connectivity index (χ3n) is 2.21. The molecule has 11 heavy (non-hydrogen) atoms. The van der Waals surface area contributed by atoms with Crippen molar-refractivity contribution < 1.29 is 4.79 Å². The highest BCUT2D eigenvalue weighted by Crippen LogP contribution is 2.18. The van der Waals surface area contributed by atoms with Gasteiger partial charge >= 0.3 is 0 Å². The molecular weight excluding hydrogens is 138 g/mol. The summed E-state index contributed by atoms with van der Waals surface area (Å²) < 4.78 is 0. The highest BCUT2D eigenvalue weighted by atomic mass is 16.1. The van der Waals surface area contributed by atoms with E-state index in [9.17, 15) is 4.79 Å². The van der Waals surface area contributed by atoms with Crippen LogP contribution in [0.3, 0.4) is 0 Å². The van der Waals surface area contributed by atoms with Gasteiger partial charge in [0, 0.05) is 6.42 Å². The Morgan fingerprint density at radius 3 is 2.73 bits per heavy atom. The van der Waals surface area contributed by atoms with Crippen LogP contribution in [0.5, 0.6) is 0 Å². The summed E-state index contributed by atoms with van der Waals surface area (Å²) in [5.74, 6) is -0.137. The molecule has 0 amide bonds. The van der Waals surface area contributed by atoms with E-state index in [0.29, 0.717) is 6.42 Å². The van der Waals surface area contributed by atoms with E-state index in [4.69, 9.17) is 5.26 Å². The van der Waals surface area contributed by atoms with Crippen molar-refractivity contribution in [3.05, 3.63) is 0 Å². The monoisotopic (exact) mass is 151 g/mol. The van der Waals surface area contributed by atoms with Gasteiger partial charge < -0.3 is 0 Å². The second-order valence-electron chi connectivity index (χ2n) is 3.10. The minimum absolute atomic E-state index is 0.159. The molecule has 60 valence electrons. The van der Waals surface area contributed by atoms with E-state index < -0.39 is 0 Å². The molecule has 1 atom stereocenters. The maximum atomic E-state index is 11.2. The van der Waals surface area contributed by atoms with Crippen LogP contribution in [0.1, 0.15) is 38.5 Å². The molecule has 1 saturated carbocycles. The van der Waals surface area contributed by atoms with Crippen LogP contribution in [0, 0.1) is 17.2 Å². The van der Waals surface area contributed by atoms with E-state index in [1.807, 2.05) is 0 Å². The zero-order chi connectivity index (χ0) is 8.10. The first-order chi connectivity index (χ1) is 5.34. The normalized spacial score (nSPS) is 26.8. The number of rotatable bonds is 0. The fraction of sp³-hybridized carbons (Fsp3) is 0.778. The first-order valence-electron chi connectivity index (χ1n) is 4.27. The number of ketones is 1. The maximum Gasteiger partial charge on any atom is 0.149 e. The van der Waals surface area contributed by atoms with Gasteiger partial charge in [-0.2, -0.15) is 5.26 Å². The van der Waals surface area contributed by atoms with Crippen molar-refractivity contribution in [2.45, 2.75) is 38.5 Å². The molecule has 1 aliphatic rings. The number of nitriles is 1. The molecular formula is C9H13NO. The number of carbonyl (C=O) groups excluding carboxylic acids is 1. The quantitative estimate of drug-likeness (QED) is 0.531. The van der Waals surface area contributed by atoms with Crippen LogP contribution in [0.15, 0.2) is 0 Å². The molecule has 0 bridgehead atoms. The zero-order valence-electron chi connectivity index (χ0n) is 6.68. The maximum absolute atomic E-state index is 11.2. The van der Waals surface area contributed by atoms with Crippen LogP contribution >= 0.6 is 0 Å². The summed E-state index contributed by atoms with van der Waals surface area (Å²) in [5, 5.41) is 8.61. The van der Waals surface area contributed by atoms with E-state index in [-0.39, 0.29) is 11.7 Å². The van der Waals surface area contributed by atoms with E-state index in [2.05, 4.69) is 6.07 Å². The first-order valence-corrected chi connectivity index (χ1v) is 4.27. The Hall–Kier alpha value is -0.840. The molecule has 0 aromatic rings. The number of hydrogen-bond donors (Lipinski definition) is 0. The minimum Gasteiger partial charge on any atom is -0.298 e. The van der Waals surface area contributed by atoms with Gasteiger partial charge in [-0.1, -0.05) is 19.3 Å². The predicted molar refractivity (Wildman–Crippen MR) is 41.8 cm³/mol. The molecule has 0 N–H and O–H groups in total. The summed E-state index contributed by atoms with van der Waals surface area (Å²) in [6.45, 7) is 0. The first kappa shape index (κ1) is 8.26. The second-order valence-corrected chi connectivity index (χ2v) is 3.10. The standard InChI is InChI=1S/C9H13NO/c10-7-8-5-3-1-2-4-6-9(8)11/h8H,1-6H2. The molecule has 1 rings (SSSR count). The summed E-state index contributed by atoms with van der Waals surface area (Å²) >= 11 is 0. The lowest BCUT2D eigenvalue weighted by atomic mass is 9.91. The molecule has 0 saturated heterocycles. The van der Waals surface area contributed by atoms with Crippen LogP contribution in [0.25, 0.3) is 0 Å². The van der Waals surface area contributed by atoms with Crippen molar-refractivity contribution in [3.63, 3.8) is 0 Å². The fourth-order valence-corrected chi connectivity index (χ4v) is 1.47. The van der Waals surface area contributed by atoms with Crippen molar-refractivity contribution in [2.24, 2.45) is 5.92 Å². The fourth-order valence-electron chi connectivity index (χ4n) is 1.47. The van der Waals surface area contributed by atoms with Gasteiger partial charge in [-0.25, -0.2) is 0 Å². The molecule has 0 aromatic carbocycles. The second kappa shape index (κ2) is 4.12. The molecule has 0 radical (unpaired) electrons. The smallest absolute Gasteiger partial charge is 0.149 e. The van der Waals surface area contributed by atoms with Gasteiger partial charge in [0.05, 0.1) is 6.07 Å². The van der Waals surface area contributed by atoms with Crippen molar-refractivity contribution in [2.75, 3.05) is 0 Å². The lowest BCUT2D eigenvalue weighted by molar-refractivity contribution is -0.121. The summed E-state index contributed by atoms with van der Waals surface area (Å²) in [4.78, 5) is 11.2. The summed E-state index contributed by atoms with van der Waals surface area (Å²) in [6, 6.07) is 2.07.